The first-order valence-electron chi connectivity index (χ1n) is 11.2. The molecule has 5 heterocycles. The number of hydrogen-bond donors (Lipinski definition) is 1. The third-order valence-electron chi connectivity index (χ3n) is 6.33. The van der Waals surface area contributed by atoms with Crippen molar-refractivity contribution >= 4 is 17.2 Å². The summed E-state index contributed by atoms with van der Waals surface area (Å²) in [5.41, 5.74) is 2.10. The second kappa shape index (κ2) is 8.94. The van der Waals surface area contributed by atoms with Gasteiger partial charge in [-0.15, -0.1) is 10.2 Å². The van der Waals surface area contributed by atoms with Crippen LogP contribution in [0.3, 0.4) is 0 Å². The van der Waals surface area contributed by atoms with E-state index in [9.17, 15) is 22.0 Å². The second-order valence-electron chi connectivity index (χ2n) is 8.34. The zero-order valence-corrected chi connectivity index (χ0v) is 18.8. The molecular weight excluding hydrogens is 499 g/mol. The van der Waals surface area contributed by atoms with Gasteiger partial charge in [0.1, 0.15) is 30.1 Å². The van der Waals surface area contributed by atoms with E-state index in [0.717, 1.165) is 16.4 Å². The Hall–Kier alpha value is -4.36. The summed E-state index contributed by atoms with van der Waals surface area (Å²) in [5.74, 6) is -1.73. The smallest absolute Gasteiger partial charge is 0.252 e. The van der Waals surface area contributed by atoms with E-state index in [-0.39, 0.29) is 23.7 Å². The summed E-state index contributed by atoms with van der Waals surface area (Å²) in [7, 11) is 0. The SMILES string of the molecule is Fc1ccc2c(c1CNc1ncc(-c3ccc(C(C(F)F)C(F)F)n4ncnc34)c3nncn13)CCO2. The van der Waals surface area contributed by atoms with Gasteiger partial charge in [-0.05, 0) is 24.3 Å². The molecule has 9 nitrogen and oxygen atoms in total. The molecule has 6 rings (SSSR count). The lowest BCUT2D eigenvalue weighted by Crippen LogP contribution is -2.21. The number of nitrogens with zero attached hydrogens (tertiary/aromatic N) is 7. The van der Waals surface area contributed by atoms with Crippen LogP contribution in [0, 0.1) is 5.82 Å². The number of alkyl halides is 4. The van der Waals surface area contributed by atoms with Crippen molar-refractivity contribution in [2.75, 3.05) is 11.9 Å². The Labute approximate surface area is 204 Å². The number of ether oxygens (including phenoxy) is 1. The van der Waals surface area contributed by atoms with Crippen LogP contribution in [-0.4, -0.2) is 53.6 Å². The normalized spacial score (nSPS) is 13.3. The van der Waals surface area contributed by atoms with Gasteiger partial charge in [0.05, 0.1) is 12.3 Å². The summed E-state index contributed by atoms with van der Waals surface area (Å²) in [6, 6.07) is 5.53. The Balaban J connectivity index is 1.38. The highest BCUT2D eigenvalue weighted by atomic mass is 19.3. The fourth-order valence-electron chi connectivity index (χ4n) is 4.57. The number of anilines is 1. The van der Waals surface area contributed by atoms with Gasteiger partial charge in [0, 0.05) is 41.4 Å². The Morgan fingerprint density at radius 3 is 2.65 bits per heavy atom. The van der Waals surface area contributed by atoms with Gasteiger partial charge in [-0.3, -0.25) is 4.40 Å². The number of fused-ring (bicyclic) bond motifs is 3. The molecule has 0 aliphatic carbocycles. The van der Waals surface area contributed by atoms with E-state index in [4.69, 9.17) is 4.74 Å². The number of benzene rings is 1. The van der Waals surface area contributed by atoms with E-state index in [1.807, 2.05) is 0 Å². The molecule has 14 heteroatoms. The molecule has 0 saturated carbocycles. The van der Waals surface area contributed by atoms with Crippen LogP contribution >= 0.6 is 0 Å². The molecule has 5 aromatic rings. The molecule has 0 spiro atoms. The minimum atomic E-state index is -3.30. The van der Waals surface area contributed by atoms with Crippen LogP contribution in [0.1, 0.15) is 22.7 Å². The van der Waals surface area contributed by atoms with Crippen molar-refractivity contribution in [1.29, 1.82) is 0 Å². The van der Waals surface area contributed by atoms with E-state index in [1.165, 1.54) is 35.1 Å². The third kappa shape index (κ3) is 3.79. The van der Waals surface area contributed by atoms with E-state index >= 15 is 0 Å². The summed E-state index contributed by atoms with van der Waals surface area (Å²) in [5, 5.41) is 15.1. The number of hydrogen-bond acceptors (Lipinski definition) is 7. The first-order chi connectivity index (χ1) is 17.9. The highest BCUT2D eigenvalue weighted by Crippen LogP contribution is 2.34. The summed E-state index contributed by atoms with van der Waals surface area (Å²) in [4.78, 5) is 8.52. The van der Waals surface area contributed by atoms with Crippen LogP contribution in [0.25, 0.3) is 22.4 Å². The molecule has 1 N–H and O–H groups in total. The number of pyridine rings is 1. The van der Waals surface area contributed by atoms with Crippen LogP contribution < -0.4 is 10.1 Å². The van der Waals surface area contributed by atoms with Crippen molar-refractivity contribution in [3.05, 3.63) is 65.8 Å². The summed E-state index contributed by atoms with van der Waals surface area (Å²) in [6.45, 7) is 0.615. The molecule has 0 bridgehead atoms. The van der Waals surface area contributed by atoms with Crippen molar-refractivity contribution in [3.8, 4) is 16.9 Å². The van der Waals surface area contributed by atoms with Gasteiger partial charge in [-0.25, -0.2) is 36.4 Å². The highest BCUT2D eigenvalue weighted by molar-refractivity contribution is 5.86. The van der Waals surface area contributed by atoms with Crippen LogP contribution in [0.2, 0.25) is 0 Å². The number of rotatable bonds is 7. The topological polar surface area (TPSA) is 94.5 Å². The zero-order valence-electron chi connectivity index (χ0n) is 18.8. The molecule has 1 aliphatic rings. The molecule has 0 radical (unpaired) electrons. The Morgan fingerprint density at radius 2 is 1.84 bits per heavy atom. The maximum atomic E-state index is 14.5. The van der Waals surface area contributed by atoms with Crippen molar-refractivity contribution in [2.24, 2.45) is 0 Å². The van der Waals surface area contributed by atoms with E-state index in [0.29, 0.717) is 47.1 Å². The monoisotopic (exact) mass is 516 g/mol. The third-order valence-corrected chi connectivity index (χ3v) is 6.33. The lowest BCUT2D eigenvalue weighted by atomic mass is 10.0. The molecule has 1 aliphatic heterocycles. The maximum absolute atomic E-state index is 14.5. The quantitative estimate of drug-likeness (QED) is 0.325. The molecule has 190 valence electrons. The van der Waals surface area contributed by atoms with Crippen LogP contribution in [0.5, 0.6) is 5.75 Å². The average Bonchev–Trinajstić information content (AvgIpc) is 3.63. The molecule has 0 atom stereocenters. The lowest BCUT2D eigenvalue weighted by molar-refractivity contribution is 0.0121. The van der Waals surface area contributed by atoms with Crippen LogP contribution in [-0.2, 0) is 13.0 Å². The fraction of sp³-hybridized carbons (Fsp3) is 0.261. The molecular formula is C23H17F5N8O. The van der Waals surface area contributed by atoms with E-state index < -0.39 is 18.8 Å². The van der Waals surface area contributed by atoms with Crippen molar-refractivity contribution in [1.82, 2.24) is 34.2 Å². The minimum Gasteiger partial charge on any atom is -0.493 e. The minimum absolute atomic E-state index is 0.0816. The Bertz CT molecular complexity index is 1610. The average molecular weight is 516 g/mol. The molecule has 4 aromatic heterocycles. The van der Waals surface area contributed by atoms with Gasteiger partial charge in [-0.2, -0.15) is 5.10 Å². The largest absolute Gasteiger partial charge is 0.493 e. The van der Waals surface area contributed by atoms with E-state index in [2.05, 4.69) is 30.6 Å². The molecule has 0 unspecified atom stereocenters. The predicted molar refractivity (Wildman–Crippen MR) is 120 cm³/mol. The van der Waals surface area contributed by atoms with Gasteiger partial charge in [0.15, 0.2) is 11.3 Å². The second-order valence-corrected chi connectivity index (χ2v) is 8.34. The first-order valence-corrected chi connectivity index (χ1v) is 11.2. The molecule has 37 heavy (non-hydrogen) atoms. The van der Waals surface area contributed by atoms with Gasteiger partial charge >= 0.3 is 0 Å². The van der Waals surface area contributed by atoms with Gasteiger partial charge in [0.2, 0.25) is 5.95 Å². The number of aromatic nitrogens is 7. The summed E-state index contributed by atoms with van der Waals surface area (Å²) < 4.78 is 76.1. The standard InChI is InChI=1S/C23H17F5N8O/c24-15-2-4-17-11(5-6-37-17)13(15)7-29-23-30-8-14(22-34-32-10-35(22)23)12-1-3-16(18(19(25)26)20(27)28)36-21(12)31-9-33-36/h1-4,8-10,18-20H,5-7H2,(H,29,30). The van der Waals surface area contributed by atoms with Crippen LogP contribution in [0.4, 0.5) is 27.9 Å². The summed E-state index contributed by atoms with van der Waals surface area (Å²) >= 11 is 0. The molecule has 0 amide bonds. The molecule has 1 aromatic carbocycles. The number of nitrogens with one attached hydrogen (secondary N) is 1. The number of halogens is 5. The fourth-order valence-corrected chi connectivity index (χ4v) is 4.57. The van der Waals surface area contributed by atoms with Crippen LogP contribution in [0.15, 0.2) is 43.1 Å². The highest BCUT2D eigenvalue weighted by Gasteiger charge is 2.34. The van der Waals surface area contributed by atoms with Gasteiger partial charge < -0.3 is 10.1 Å². The predicted octanol–water partition coefficient (Wildman–Crippen LogP) is 4.13. The van der Waals surface area contributed by atoms with Gasteiger partial charge in [0.25, 0.3) is 12.9 Å². The van der Waals surface area contributed by atoms with Crippen molar-refractivity contribution in [2.45, 2.75) is 31.7 Å². The Kier molecular flexibility index (Phi) is 5.57. The summed E-state index contributed by atoms with van der Waals surface area (Å²) in [6.07, 6.45) is -2.03. The van der Waals surface area contributed by atoms with Gasteiger partial charge in [-0.1, -0.05) is 0 Å². The first kappa shape index (κ1) is 23.1. The maximum Gasteiger partial charge on any atom is 0.252 e. The van der Waals surface area contributed by atoms with Crippen molar-refractivity contribution < 1.29 is 26.7 Å². The van der Waals surface area contributed by atoms with E-state index in [1.54, 1.807) is 6.07 Å². The lowest BCUT2D eigenvalue weighted by Gasteiger charge is -2.17. The van der Waals surface area contributed by atoms with Crippen molar-refractivity contribution in [3.63, 3.8) is 0 Å². The molecule has 0 saturated heterocycles. The zero-order chi connectivity index (χ0) is 25.7. The molecule has 0 fully saturated rings. The Morgan fingerprint density at radius 1 is 1.00 bits per heavy atom.